The SMILES string of the molecule is COc1cc(NC2CC(N)C2)ccc1[N+](=O)[O-]. The number of methoxy groups -OCH3 is 1. The zero-order chi connectivity index (χ0) is 12.4. The largest absolute Gasteiger partial charge is 0.490 e. The van der Waals surface area contributed by atoms with Crippen LogP contribution in [0.25, 0.3) is 0 Å². The van der Waals surface area contributed by atoms with E-state index < -0.39 is 4.92 Å². The van der Waals surface area contributed by atoms with Crippen molar-refractivity contribution in [2.75, 3.05) is 12.4 Å². The van der Waals surface area contributed by atoms with E-state index in [0.29, 0.717) is 6.04 Å². The van der Waals surface area contributed by atoms with Gasteiger partial charge >= 0.3 is 5.69 Å². The van der Waals surface area contributed by atoms with Crippen LogP contribution in [0.15, 0.2) is 18.2 Å². The number of nitrogens with two attached hydrogens (primary N) is 1. The number of nitro groups is 1. The van der Waals surface area contributed by atoms with Crippen LogP contribution in [0.1, 0.15) is 12.8 Å². The second kappa shape index (κ2) is 4.58. The number of nitrogens with zero attached hydrogens (tertiary/aromatic N) is 1. The average Bonchev–Trinajstić information content (AvgIpc) is 2.26. The molecule has 0 amide bonds. The van der Waals surface area contributed by atoms with Crippen molar-refractivity contribution in [1.29, 1.82) is 0 Å². The lowest BCUT2D eigenvalue weighted by Crippen LogP contribution is -2.44. The molecule has 2 rings (SSSR count). The Balaban J connectivity index is 2.11. The van der Waals surface area contributed by atoms with Gasteiger partial charge in [0.15, 0.2) is 5.75 Å². The number of anilines is 1. The van der Waals surface area contributed by atoms with E-state index in [1.165, 1.54) is 13.2 Å². The molecule has 0 atom stereocenters. The Morgan fingerprint density at radius 1 is 1.53 bits per heavy atom. The summed E-state index contributed by atoms with van der Waals surface area (Å²) in [6.45, 7) is 0. The second-order valence-electron chi connectivity index (χ2n) is 4.22. The summed E-state index contributed by atoms with van der Waals surface area (Å²) in [5, 5.41) is 14.0. The van der Waals surface area contributed by atoms with Gasteiger partial charge in [-0.25, -0.2) is 0 Å². The highest BCUT2D eigenvalue weighted by molar-refractivity contribution is 5.58. The minimum Gasteiger partial charge on any atom is -0.490 e. The molecule has 0 saturated heterocycles. The van der Waals surface area contributed by atoms with Gasteiger partial charge in [0.1, 0.15) is 0 Å². The van der Waals surface area contributed by atoms with E-state index >= 15 is 0 Å². The van der Waals surface area contributed by atoms with Gasteiger partial charge in [0.25, 0.3) is 0 Å². The normalized spacial score (nSPS) is 22.7. The van der Waals surface area contributed by atoms with Gasteiger partial charge in [-0.1, -0.05) is 0 Å². The second-order valence-corrected chi connectivity index (χ2v) is 4.22. The van der Waals surface area contributed by atoms with E-state index in [4.69, 9.17) is 10.5 Å². The third kappa shape index (κ3) is 2.47. The van der Waals surface area contributed by atoms with E-state index in [9.17, 15) is 10.1 Å². The van der Waals surface area contributed by atoms with Crippen LogP contribution in [0.5, 0.6) is 5.75 Å². The molecule has 0 spiro atoms. The van der Waals surface area contributed by atoms with E-state index in [1.54, 1.807) is 12.1 Å². The number of hydrogen-bond acceptors (Lipinski definition) is 5. The Bertz CT molecular complexity index is 430. The fourth-order valence-electron chi connectivity index (χ4n) is 1.93. The maximum Gasteiger partial charge on any atom is 0.311 e. The molecule has 0 radical (unpaired) electrons. The lowest BCUT2D eigenvalue weighted by Gasteiger charge is -2.33. The summed E-state index contributed by atoms with van der Waals surface area (Å²) >= 11 is 0. The maximum atomic E-state index is 10.7. The van der Waals surface area contributed by atoms with Gasteiger partial charge in [-0.3, -0.25) is 10.1 Å². The third-order valence-corrected chi connectivity index (χ3v) is 2.92. The standard InChI is InChI=1S/C11H15N3O3/c1-17-11-6-8(2-3-10(11)14(15)16)13-9-4-7(12)5-9/h2-3,6-7,9,13H,4-5,12H2,1H3. The number of nitro benzene ring substituents is 1. The first-order valence-corrected chi connectivity index (χ1v) is 5.44. The summed E-state index contributed by atoms with van der Waals surface area (Å²) in [6.07, 6.45) is 1.86. The monoisotopic (exact) mass is 237 g/mol. The van der Waals surface area contributed by atoms with Crippen molar-refractivity contribution >= 4 is 11.4 Å². The summed E-state index contributed by atoms with van der Waals surface area (Å²) in [6, 6.07) is 5.40. The van der Waals surface area contributed by atoms with Crippen LogP contribution < -0.4 is 15.8 Å². The highest BCUT2D eigenvalue weighted by atomic mass is 16.6. The van der Waals surface area contributed by atoms with Crippen molar-refractivity contribution in [3.05, 3.63) is 28.3 Å². The number of rotatable bonds is 4. The summed E-state index contributed by atoms with van der Waals surface area (Å²) < 4.78 is 5.00. The fraction of sp³-hybridized carbons (Fsp3) is 0.455. The molecule has 1 fully saturated rings. The van der Waals surface area contributed by atoms with Crippen molar-refractivity contribution in [3.8, 4) is 5.75 Å². The van der Waals surface area contributed by atoms with Crippen molar-refractivity contribution in [2.24, 2.45) is 5.73 Å². The number of benzene rings is 1. The van der Waals surface area contributed by atoms with Crippen molar-refractivity contribution in [2.45, 2.75) is 24.9 Å². The zero-order valence-electron chi connectivity index (χ0n) is 9.55. The molecule has 0 heterocycles. The first kappa shape index (κ1) is 11.7. The topological polar surface area (TPSA) is 90.4 Å². The Morgan fingerprint density at radius 2 is 2.24 bits per heavy atom. The van der Waals surface area contributed by atoms with Crippen LogP contribution in [0, 0.1) is 10.1 Å². The molecule has 0 aliphatic heterocycles. The Labute approximate surface area is 98.9 Å². The predicted octanol–water partition coefficient (Wildman–Crippen LogP) is 1.50. The fourth-order valence-corrected chi connectivity index (χ4v) is 1.93. The van der Waals surface area contributed by atoms with Gasteiger partial charge in [0.05, 0.1) is 12.0 Å². The third-order valence-electron chi connectivity index (χ3n) is 2.92. The average molecular weight is 237 g/mol. The molecule has 1 aromatic rings. The predicted molar refractivity (Wildman–Crippen MR) is 64.3 cm³/mol. The molecular weight excluding hydrogens is 222 g/mol. The Kier molecular flexibility index (Phi) is 3.14. The first-order chi connectivity index (χ1) is 8.10. The molecule has 1 saturated carbocycles. The van der Waals surface area contributed by atoms with E-state index in [2.05, 4.69) is 5.32 Å². The van der Waals surface area contributed by atoms with Crippen LogP contribution in [-0.4, -0.2) is 24.1 Å². The van der Waals surface area contributed by atoms with Gasteiger partial charge in [0, 0.05) is 29.9 Å². The van der Waals surface area contributed by atoms with Crippen molar-refractivity contribution < 1.29 is 9.66 Å². The maximum absolute atomic E-state index is 10.7. The number of ether oxygens (including phenoxy) is 1. The van der Waals surface area contributed by atoms with E-state index in [0.717, 1.165) is 18.5 Å². The van der Waals surface area contributed by atoms with Crippen LogP contribution in [-0.2, 0) is 0 Å². The van der Waals surface area contributed by atoms with Gasteiger partial charge < -0.3 is 15.8 Å². The van der Waals surface area contributed by atoms with E-state index in [1.807, 2.05) is 0 Å². The lowest BCUT2D eigenvalue weighted by atomic mass is 9.87. The summed E-state index contributed by atoms with van der Waals surface area (Å²) in [7, 11) is 1.42. The smallest absolute Gasteiger partial charge is 0.311 e. The zero-order valence-corrected chi connectivity index (χ0v) is 9.55. The van der Waals surface area contributed by atoms with Crippen LogP contribution >= 0.6 is 0 Å². The first-order valence-electron chi connectivity index (χ1n) is 5.44. The summed E-state index contributed by atoms with van der Waals surface area (Å²) in [4.78, 5) is 10.3. The van der Waals surface area contributed by atoms with Crippen LogP contribution in [0.4, 0.5) is 11.4 Å². The van der Waals surface area contributed by atoms with Crippen LogP contribution in [0.3, 0.4) is 0 Å². The molecule has 1 aliphatic carbocycles. The quantitative estimate of drug-likeness (QED) is 0.611. The van der Waals surface area contributed by atoms with Gasteiger partial charge in [0.2, 0.25) is 0 Å². The molecule has 1 aliphatic rings. The van der Waals surface area contributed by atoms with Gasteiger partial charge in [-0.2, -0.15) is 0 Å². The Hall–Kier alpha value is -1.82. The van der Waals surface area contributed by atoms with E-state index in [-0.39, 0.29) is 17.5 Å². The molecule has 0 unspecified atom stereocenters. The number of hydrogen-bond donors (Lipinski definition) is 2. The van der Waals surface area contributed by atoms with Gasteiger partial charge in [-0.05, 0) is 18.9 Å². The molecule has 92 valence electrons. The molecular formula is C11H15N3O3. The van der Waals surface area contributed by atoms with Gasteiger partial charge in [-0.15, -0.1) is 0 Å². The van der Waals surface area contributed by atoms with Crippen molar-refractivity contribution in [1.82, 2.24) is 0 Å². The minimum atomic E-state index is -0.456. The molecule has 3 N–H and O–H groups in total. The Morgan fingerprint density at radius 3 is 2.76 bits per heavy atom. The van der Waals surface area contributed by atoms with Crippen LogP contribution in [0.2, 0.25) is 0 Å². The molecule has 6 heteroatoms. The molecule has 1 aromatic carbocycles. The highest BCUT2D eigenvalue weighted by Gasteiger charge is 2.26. The molecule has 6 nitrogen and oxygen atoms in total. The number of nitrogens with one attached hydrogen (secondary N) is 1. The summed E-state index contributed by atoms with van der Waals surface area (Å²) in [5.41, 5.74) is 6.49. The lowest BCUT2D eigenvalue weighted by molar-refractivity contribution is -0.385. The molecule has 0 aromatic heterocycles. The highest BCUT2D eigenvalue weighted by Crippen LogP contribution is 2.31. The molecule has 17 heavy (non-hydrogen) atoms. The molecule has 0 bridgehead atoms. The minimum absolute atomic E-state index is 0.0247. The van der Waals surface area contributed by atoms with Crippen molar-refractivity contribution in [3.63, 3.8) is 0 Å². The summed E-state index contributed by atoms with van der Waals surface area (Å²) in [5.74, 6) is 0.267.